The summed E-state index contributed by atoms with van der Waals surface area (Å²) in [5.74, 6) is 0. The Kier molecular flexibility index (Phi) is 4.10. The number of hydrogen-bond donors (Lipinski definition) is 4. The summed E-state index contributed by atoms with van der Waals surface area (Å²) in [6, 6.07) is 5.89. The van der Waals surface area contributed by atoms with Crippen molar-refractivity contribution in [2.75, 3.05) is 5.32 Å². The van der Waals surface area contributed by atoms with Gasteiger partial charge in [-0.25, -0.2) is 0 Å². The predicted molar refractivity (Wildman–Crippen MR) is 84.0 cm³/mol. The Morgan fingerprint density at radius 2 is 1.68 bits per heavy atom. The van der Waals surface area contributed by atoms with Crippen LogP contribution in [-0.4, -0.2) is 31.1 Å². The Morgan fingerprint density at radius 3 is 2.18 bits per heavy atom. The van der Waals surface area contributed by atoms with Crippen LogP contribution in [0.15, 0.2) is 40.1 Å². The zero-order valence-corrected chi connectivity index (χ0v) is 13.2. The molecular weight excluding hydrogens is 352 g/mol. The maximum Gasteiger partial charge on any atom is 0.295 e. The van der Waals surface area contributed by atoms with Crippen molar-refractivity contribution < 1.29 is 25.9 Å². The number of nitrogens with one attached hydrogen (secondary N) is 1. The molecule has 0 amide bonds. The fourth-order valence-electron chi connectivity index (χ4n) is 1.89. The van der Waals surface area contributed by atoms with Crippen LogP contribution in [0, 0.1) is 0 Å². The summed E-state index contributed by atoms with van der Waals surface area (Å²) in [5.41, 5.74) is 5.70. The number of hydrogen-bond acceptors (Lipinski definition) is 5. The van der Waals surface area contributed by atoms with Crippen LogP contribution in [-0.2, 0) is 20.2 Å². The lowest BCUT2D eigenvalue weighted by Gasteiger charge is -2.09. The zero-order valence-electron chi connectivity index (χ0n) is 10.7. The first-order valence-electron chi connectivity index (χ1n) is 5.58. The van der Waals surface area contributed by atoms with Crippen LogP contribution in [0.4, 0.5) is 5.69 Å². The third-order valence-electron chi connectivity index (χ3n) is 2.73. The Bertz CT molecular complexity index is 982. The van der Waals surface area contributed by atoms with Gasteiger partial charge in [0, 0.05) is 11.1 Å². The number of fused-ring (bicyclic) bond motifs is 1. The van der Waals surface area contributed by atoms with E-state index in [0.717, 1.165) is 6.07 Å². The summed E-state index contributed by atoms with van der Waals surface area (Å²) in [7, 11) is -9.35. The van der Waals surface area contributed by atoms with E-state index in [1.165, 1.54) is 18.2 Å². The molecule has 0 spiro atoms. The van der Waals surface area contributed by atoms with Gasteiger partial charge in [-0.1, -0.05) is 6.07 Å². The summed E-state index contributed by atoms with van der Waals surface area (Å²) in [6.45, 7) is 0. The molecule has 2 aromatic rings. The van der Waals surface area contributed by atoms with Crippen molar-refractivity contribution in [2.24, 2.45) is 5.73 Å². The van der Waals surface area contributed by atoms with Gasteiger partial charge in [-0.05, 0) is 41.9 Å². The van der Waals surface area contributed by atoms with Gasteiger partial charge in [0.15, 0.2) is 5.11 Å². The van der Waals surface area contributed by atoms with Crippen LogP contribution in [0.2, 0.25) is 0 Å². The molecule has 0 atom stereocenters. The second-order valence-electron chi connectivity index (χ2n) is 4.30. The Labute approximate surface area is 131 Å². The molecule has 2 rings (SSSR count). The van der Waals surface area contributed by atoms with Crippen LogP contribution in [0.3, 0.4) is 0 Å². The van der Waals surface area contributed by atoms with Crippen LogP contribution >= 0.6 is 12.2 Å². The molecule has 0 heterocycles. The van der Waals surface area contributed by atoms with Gasteiger partial charge in [-0.3, -0.25) is 9.11 Å². The summed E-state index contributed by atoms with van der Waals surface area (Å²) < 4.78 is 63.6. The van der Waals surface area contributed by atoms with Gasteiger partial charge >= 0.3 is 0 Å². The van der Waals surface area contributed by atoms with E-state index < -0.39 is 30.0 Å². The van der Waals surface area contributed by atoms with E-state index in [2.05, 4.69) is 17.5 Å². The van der Waals surface area contributed by atoms with E-state index in [9.17, 15) is 21.4 Å². The van der Waals surface area contributed by atoms with Crippen LogP contribution < -0.4 is 11.1 Å². The summed E-state index contributed by atoms with van der Waals surface area (Å²) in [4.78, 5) is -1.31. The SMILES string of the molecule is NC(=S)Nc1ccc2c(S(=O)(=O)O)cc(S(=O)(=O)O)cc2c1. The largest absolute Gasteiger partial charge is 0.376 e. The average Bonchev–Trinajstić information content (AvgIpc) is 2.34. The smallest absolute Gasteiger partial charge is 0.295 e. The van der Waals surface area contributed by atoms with Crippen molar-refractivity contribution in [2.45, 2.75) is 9.79 Å². The standard InChI is InChI=1S/C11H10N2O6S3/c12-11(20)13-7-1-2-9-6(3-7)4-8(21(14,15)16)5-10(9)22(17,18)19/h1-5H,(H3,12,13,20)(H,14,15,16)(H,17,18,19). The van der Waals surface area contributed by atoms with E-state index in [-0.39, 0.29) is 15.9 Å². The van der Waals surface area contributed by atoms with Gasteiger partial charge < -0.3 is 11.1 Å². The van der Waals surface area contributed by atoms with Crippen LogP contribution in [0.5, 0.6) is 0 Å². The maximum absolute atomic E-state index is 11.4. The first-order chi connectivity index (χ1) is 9.98. The van der Waals surface area contributed by atoms with Gasteiger partial charge in [0.2, 0.25) is 0 Å². The third kappa shape index (κ3) is 3.51. The molecule has 11 heteroatoms. The Hall–Kier alpha value is -1.79. The number of benzene rings is 2. The van der Waals surface area contributed by atoms with Gasteiger partial charge in [0.25, 0.3) is 20.2 Å². The van der Waals surface area contributed by atoms with Gasteiger partial charge in [0.1, 0.15) is 4.90 Å². The quantitative estimate of drug-likeness (QED) is 0.463. The minimum atomic E-state index is -4.69. The maximum atomic E-state index is 11.4. The monoisotopic (exact) mass is 362 g/mol. The minimum Gasteiger partial charge on any atom is -0.376 e. The summed E-state index contributed by atoms with van der Waals surface area (Å²) in [5, 5.41) is 2.77. The minimum absolute atomic E-state index is 0.0414. The molecule has 5 N–H and O–H groups in total. The first-order valence-corrected chi connectivity index (χ1v) is 8.86. The second-order valence-corrected chi connectivity index (χ2v) is 7.55. The number of nitrogens with two attached hydrogens (primary N) is 1. The van der Waals surface area contributed by atoms with E-state index in [0.29, 0.717) is 11.8 Å². The molecule has 0 fully saturated rings. The average molecular weight is 362 g/mol. The fourth-order valence-corrected chi connectivity index (χ4v) is 3.37. The van der Waals surface area contributed by atoms with Gasteiger partial charge in [-0.2, -0.15) is 16.8 Å². The molecular formula is C11H10N2O6S3. The predicted octanol–water partition coefficient (Wildman–Crippen LogP) is 0.989. The Balaban J connectivity index is 2.86. The van der Waals surface area contributed by atoms with Crippen molar-refractivity contribution in [3.8, 4) is 0 Å². The van der Waals surface area contributed by atoms with E-state index >= 15 is 0 Å². The molecule has 22 heavy (non-hydrogen) atoms. The molecule has 118 valence electrons. The number of rotatable bonds is 3. The van der Waals surface area contributed by atoms with Gasteiger partial charge in [-0.15, -0.1) is 0 Å². The topological polar surface area (TPSA) is 147 Å². The molecule has 0 unspecified atom stereocenters. The van der Waals surface area contributed by atoms with Crippen molar-refractivity contribution >= 4 is 54.0 Å². The van der Waals surface area contributed by atoms with E-state index in [1.54, 1.807) is 0 Å². The lowest BCUT2D eigenvalue weighted by Crippen LogP contribution is -2.18. The number of thiocarbonyl (C=S) groups is 1. The highest BCUT2D eigenvalue weighted by Crippen LogP contribution is 2.29. The molecule has 0 saturated carbocycles. The molecule has 0 aliphatic carbocycles. The van der Waals surface area contributed by atoms with Crippen molar-refractivity contribution in [1.82, 2.24) is 0 Å². The molecule has 0 saturated heterocycles. The van der Waals surface area contributed by atoms with E-state index in [4.69, 9.17) is 10.3 Å². The lowest BCUT2D eigenvalue weighted by molar-refractivity contribution is 0.482. The molecule has 0 aromatic heterocycles. The van der Waals surface area contributed by atoms with E-state index in [1.807, 2.05) is 0 Å². The van der Waals surface area contributed by atoms with Crippen molar-refractivity contribution in [3.63, 3.8) is 0 Å². The molecule has 0 bridgehead atoms. The highest BCUT2D eigenvalue weighted by molar-refractivity contribution is 7.86. The first kappa shape index (κ1) is 16.6. The molecule has 0 radical (unpaired) electrons. The second kappa shape index (κ2) is 5.44. The van der Waals surface area contributed by atoms with Crippen LogP contribution in [0.1, 0.15) is 0 Å². The lowest BCUT2D eigenvalue weighted by atomic mass is 10.1. The third-order valence-corrected chi connectivity index (χ3v) is 4.56. The highest BCUT2D eigenvalue weighted by atomic mass is 32.2. The van der Waals surface area contributed by atoms with Gasteiger partial charge in [0.05, 0.1) is 4.90 Å². The van der Waals surface area contributed by atoms with Crippen LogP contribution in [0.25, 0.3) is 10.8 Å². The number of anilines is 1. The summed E-state index contributed by atoms with van der Waals surface area (Å²) >= 11 is 4.67. The molecule has 0 aliphatic heterocycles. The normalized spacial score (nSPS) is 12.3. The zero-order chi connectivity index (χ0) is 16.7. The van der Waals surface area contributed by atoms with Crippen molar-refractivity contribution in [3.05, 3.63) is 30.3 Å². The molecule has 2 aromatic carbocycles. The highest BCUT2D eigenvalue weighted by Gasteiger charge is 2.20. The molecule has 8 nitrogen and oxygen atoms in total. The summed E-state index contributed by atoms with van der Waals surface area (Å²) in [6.07, 6.45) is 0. The Morgan fingerprint density at radius 1 is 1.05 bits per heavy atom. The van der Waals surface area contributed by atoms with Crippen molar-refractivity contribution in [1.29, 1.82) is 0 Å². The molecule has 0 aliphatic rings. The fraction of sp³-hybridized carbons (Fsp3) is 0.